The number of carbonyl (C=O) groups is 4. The average molecular weight is 306 g/mol. The Labute approximate surface area is 167 Å². The summed E-state index contributed by atoms with van der Waals surface area (Å²) in [5.74, 6) is 0. The molecule has 19 heavy (non-hydrogen) atoms. The van der Waals surface area contributed by atoms with Crippen LogP contribution in [0.25, 0.3) is 0 Å². The van der Waals surface area contributed by atoms with Crippen LogP contribution in [-0.2, 0) is 0 Å². The molecule has 0 bridgehead atoms. The van der Waals surface area contributed by atoms with Gasteiger partial charge in [-0.25, -0.2) is 29.0 Å². The first-order chi connectivity index (χ1) is 7.27. The maximum Gasteiger partial charge on any atom is 0.416 e. The van der Waals surface area contributed by atoms with Gasteiger partial charge >= 0.3 is 24.4 Å². The summed E-state index contributed by atoms with van der Waals surface area (Å²) in [6, 6.07) is 0. The topological polar surface area (TPSA) is 156 Å². The molecule has 10 nitrogen and oxygen atoms in total. The second kappa shape index (κ2) is 13.2. The van der Waals surface area contributed by atoms with E-state index in [1.165, 1.54) is 0 Å². The van der Waals surface area contributed by atoms with Crippen LogP contribution in [0.15, 0.2) is 0 Å². The number of amides is 4. The Morgan fingerprint density at radius 2 is 0.789 bits per heavy atom. The molecule has 0 saturated heterocycles. The second-order valence-electron chi connectivity index (χ2n) is 2.43. The molecule has 13 heteroatoms. The number of hydrogen-bond acceptors (Lipinski definition) is 4. The normalized spacial score (nSPS) is 7.79. The summed E-state index contributed by atoms with van der Waals surface area (Å²) in [6.07, 6.45) is -7.27. The third kappa shape index (κ3) is 10.7. The molecule has 0 unspecified atom stereocenters. The van der Waals surface area contributed by atoms with E-state index in [1.54, 1.807) is 0 Å². The van der Waals surface area contributed by atoms with Crippen molar-refractivity contribution in [2.24, 2.45) is 0 Å². The molecule has 4 radical (unpaired) electrons. The van der Waals surface area contributed by atoms with Crippen LogP contribution in [0.3, 0.4) is 0 Å². The quantitative estimate of drug-likeness (QED) is 0.492. The van der Waals surface area contributed by atoms with Gasteiger partial charge in [-0.15, -0.1) is 0 Å². The Bertz CT molecular complexity index is 281. The average Bonchev–Trinajstić information content (AvgIpc) is 2.09. The molecular weight excluding hydrogens is 298 g/mol. The number of rotatable bonds is 3. The molecule has 0 fully saturated rings. The van der Waals surface area contributed by atoms with Gasteiger partial charge in [0.25, 0.3) is 0 Å². The van der Waals surface area contributed by atoms with E-state index in [2.05, 4.69) is 0 Å². The standard InChI is InChI=1S/C6H8N2O8.Mg.2Na/c9-3(10)7(4(11)12)1-2-8(5(13)14)6(15)16;;;/h1-2H2,(H,9,10)(H,11,12)(H,13,14)(H,15,16);;;. The van der Waals surface area contributed by atoms with Gasteiger partial charge in [0.2, 0.25) is 0 Å². The minimum atomic E-state index is -1.82. The van der Waals surface area contributed by atoms with Crippen molar-refractivity contribution in [1.82, 2.24) is 9.80 Å². The van der Waals surface area contributed by atoms with Crippen molar-refractivity contribution in [3.63, 3.8) is 0 Å². The van der Waals surface area contributed by atoms with Crippen LogP contribution in [-0.4, -0.2) is 150 Å². The number of hydrogen-bond donors (Lipinski definition) is 4. The summed E-state index contributed by atoms with van der Waals surface area (Å²) in [6.45, 7) is -1.58. The van der Waals surface area contributed by atoms with Gasteiger partial charge in [0.1, 0.15) is 0 Å². The number of imide groups is 2. The summed E-state index contributed by atoms with van der Waals surface area (Å²) in [5.41, 5.74) is 0. The van der Waals surface area contributed by atoms with E-state index >= 15 is 0 Å². The third-order valence-electron chi connectivity index (χ3n) is 1.47. The van der Waals surface area contributed by atoms with E-state index in [4.69, 9.17) is 20.4 Å². The largest absolute Gasteiger partial charge is 0.465 e. The van der Waals surface area contributed by atoms with Crippen LogP contribution in [0.1, 0.15) is 0 Å². The van der Waals surface area contributed by atoms with Crippen molar-refractivity contribution in [2.75, 3.05) is 13.1 Å². The van der Waals surface area contributed by atoms with Crippen LogP contribution in [0.5, 0.6) is 0 Å². The van der Waals surface area contributed by atoms with Gasteiger partial charge < -0.3 is 20.4 Å². The van der Waals surface area contributed by atoms with Crippen molar-refractivity contribution in [2.45, 2.75) is 0 Å². The summed E-state index contributed by atoms with van der Waals surface area (Å²) in [7, 11) is 0. The first kappa shape index (κ1) is 27.6. The van der Waals surface area contributed by atoms with Crippen LogP contribution in [0.2, 0.25) is 0 Å². The minimum absolute atomic E-state index is 0. The van der Waals surface area contributed by atoms with E-state index in [0.717, 1.165) is 0 Å². The van der Waals surface area contributed by atoms with Gasteiger partial charge in [0, 0.05) is 82.2 Å². The van der Waals surface area contributed by atoms with Crippen molar-refractivity contribution in [3.8, 4) is 0 Å². The minimum Gasteiger partial charge on any atom is -0.465 e. The predicted octanol–water partition coefficient (Wildman–Crippen LogP) is -0.840. The van der Waals surface area contributed by atoms with E-state index in [0.29, 0.717) is 0 Å². The van der Waals surface area contributed by atoms with Gasteiger partial charge in [0.05, 0.1) is 13.1 Å². The molecule has 4 amide bonds. The maximum absolute atomic E-state index is 10.3. The Morgan fingerprint density at radius 3 is 0.895 bits per heavy atom. The first-order valence-electron chi connectivity index (χ1n) is 3.74. The van der Waals surface area contributed by atoms with E-state index < -0.39 is 37.5 Å². The fourth-order valence-electron chi connectivity index (χ4n) is 0.746. The predicted molar refractivity (Wildman–Crippen MR) is 62.8 cm³/mol. The Morgan fingerprint density at radius 1 is 0.632 bits per heavy atom. The van der Waals surface area contributed by atoms with Crippen molar-refractivity contribution in [3.05, 3.63) is 0 Å². The van der Waals surface area contributed by atoms with Gasteiger partial charge in [-0.1, -0.05) is 0 Å². The fraction of sp³-hybridized carbons (Fsp3) is 0.333. The Kier molecular flexibility index (Phi) is 19.2. The van der Waals surface area contributed by atoms with Gasteiger partial charge in [-0.3, -0.25) is 0 Å². The molecule has 0 heterocycles. The molecule has 4 N–H and O–H groups in total. The van der Waals surface area contributed by atoms with Gasteiger partial charge in [0.15, 0.2) is 0 Å². The first-order valence-corrected chi connectivity index (χ1v) is 3.74. The third-order valence-corrected chi connectivity index (χ3v) is 1.47. The smallest absolute Gasteiger partial charge is 0.416 e. The van der Waals surface area contributed by atoms with Gasteiger partial charge in [-0.2, -0.15) is 0 Å². The zero-order valence-corrected chi connectivity index (χ0v) is 15.9. The molecule has 0 aliphatic rings. The summed E-state index contributed by atoms with van der Waals surface area (Å²) in [4.78, 5) is 41.0. The molecule has 0 rings (SSSR count). The van der Waals surface area contributed by atoms with E-state index in [1.807, 2.05) is 0 Å². The molecular formula is C6H8MgN2Na2O8. The van der Waals surface area contributed by atoms with Crippen LogP contribution >= 0.6 is 0 Å². The molecule has 0 aliphatic heterocycles. The van der Waals surface area contributed by atoms with Crippen molar-refractivity contribution in [1.29, 1.82) is 0 Å². The summed E-state index contributed by atoms with van der Waals surface area (Å²) in [5, 5.41) is 33.5. The van der Waals surface area contributed by atoms with Crippen LogP contribution < -0.4 is 0 Å². The fourth-order valence-corrected chi connectivity index (χ4v) is 0.746. The molecule has 0 aliphatic carbocycles. The summed E-state index contributed by atoms with van der Waals surface area (Å²) >= 11 is 0. The molecule has 0 saturated carbocycles. The maximum atomic E-state index is 10.3. The molecule has 0 aromatic carbocycles. The second-order valence-corrected chi connectivity index (χ2v) is 2.43. The monoisotopic (exact) mass is 306 g/mol. The summed E-state index contributed by atoms with van der Waals surface area (Å²) < 4.78 is 0. The van der Waals surface area contributed by atoms with Crippen molar-refractivity contribution >= 4 is 107 Å². The number of carboxylic acid groups (broad SMARTS) is 4. The van der Waals surface area contributed by atoms with E-state index in [9.17, 15) is 19.2 Å². The molecule has 94 valence electrons. The molecule has 0 spiro atoms. The molecule has 0 atom stereocenters. The van der Waals surface area contributed by atoms with Gasteiger partial charge in [-0.05, 0) is 0 Å². The van der Waals surface area contributed by atoms with Crippen LogP contribution in [0, 0.1) is 0 Å². The zero-order chi connectivity index (χ0) is 12.9. The number of nitrogens with zero attached hydrogens (tertiary/aromatic N) is 2. The SMILES string of the molecule is O=C(O)N(CCN(C(=O)O)C(=O)O)C(=O)O.[Mg].[Na].[Na]. The van der Waals surface area contributed by atoms with E-state index in [-0.39, 0.29) is 92.0 Å². The molecule has 0 aromatic rings. The Balaban J connectivity index is -0.000000375. The zero-order valence-electron chi connectivity index (χ0n) is 10.4. The van der Waals surface area contributed by atoms with Crippen molar-refractivity contribution < 1.29 is 39.6 Å². The van der Waals surface area contributed by atoms with Crippen LogP contribution in [0.4, 0.5) is 19.2 Å². The Hall–Kier alpha value is 0.246. The molecule has 0 aromatic heterocycles.